The van der Waals surface area contributed by atoms with Gasteiger partial charge in [-0.1, -0.05) is 42.5 Å². The summed E-state index contributed by atoms with van der Waals surface area (Å²) in [6.07, 6.45) is -2.66. The van der Waals surface area contributed by atoms with Crippen molar-refractivity contribution in [2.45, 2.75) is 24.2 Å². The zero-order chi connectivity index (χ0) is 15.7. The van der Waals surface area contributed by atoms with Gasteiger partial charge in [0.25, 0.3) is 0 Å². The number of hydrogen-bond acceptors (Lipinski definition) is 5. The number of ether oxygens (including phenoxy) is 1. The molecule has 0 unspecified atom stereocenters. The molecule has 0 aromatic heterocycles. The Morgan fingerprint density at radius 2 is 1.74 bits per heavy atom. The van der Waals surface area contributed by atoms with Crippen molar-refractivity contribution < 1.29 is 25.2 Å². The van der Waals surface area contributed by atoms with E-state index >= 15 is 0 Å². The Labute approximate surface area is 177 Å². The van der Waals surface area contributed by atoms with Gasteiger partial charge in [-0.3, -0.25) is 0 Å². The van der Waals surface area contributed by atoms with Crippen LogP contribution in [-0.4, -0.2) is 103 Å². The molecule has 3 rings (SSSR count). The van der Waals surface area contributed by atoms with Crippen LogP contribution in [0.1, 0.15) is 5.56 Å². The Hall–Kier alpha value is 0.136. The van der Waals surface area contributed by atoms with E-state index in [4.69, 9.17) is 4.74 Å². The van der Waals surface area contributed by atoms with Gasteiger partial charge in [0.1, 0.15) is 23.9 Å². The standard InChI is InChI=1S/C17H19O5.K.H/c18-9-15-17(21,16(20)14(19)10-22-15)8-11-6-12-4-2-1-3-5-13(12)7-11;;/h1-7,15-16,18-21H,8-10H2;;/t15-,16-,17-;;/m1../s1. The summed E-state index contributed by atoms with van der Waals surface area (Å²) < 4.78 is 5.24. The monoisotopic (exact) mass is 343 g/mol. The summed E-state index contributed by atoms with van der Waals surface area (Å²) in [4.78, 5) is 0. The summed E-state index contributed by atoms with van der Waals surface area (Å²) in [7, 11) is 0. The van der Waals surface area contributed by atoms with Gasteiger partial charge >= 0.3 is 51.4 Å². The molecule has 1 heterocycles. The van der Waals surface area contributed by atoms with Crippen molar-refractivity contribution in [3.05, 3.63) is 54.1 Å². The Kier molecular flexibility index (Phi) is 6.78. The fourth-order valence-electron chi connectivity index (χ4n) is 3.00. The molecule has 0 spiro atoms. The number of fused-ring (bicyclic) bond motifs is 1. The number of hydrogen-bond donors (Lipinski definition) is 4. The molecule has 0 aromatic rings. The van der Waals surface area contributed by atoms with Crippen molar-refractivity contribution in [1.29, 1.82) is 0 Å². The third-order valence-corrected chi connectivity index (χ3v) is 4.22. The topological polar surface area (TPSA) is 90.2 Å². The summed E-state index contributed by atoms with van der Waals surface area (Å²) in [6.45, 7) is -0.621. The van der Waals surface area contributed by atoms with Crippen LogP contribution in [0, 0.1) is 6.10 Å². The maximum atomic E-state index is 10.8. The summed E-state index contributed by atoms with van der Waals surface area (Å²) in [5, 5.41) is 40.0. The molecule has 1 radical (unpaired) electrons. The summed E-state index contributed by atoms with van der Waals surface area (Å²) in [5.41, 5.74) is 1.08. The van der Waals surface area contributed by atoms with Crippen molar-refractivity contribution in [3.8, 4) is 11.1 Å². The molecule has 0 saturated carbocycles. The van der Waals surface area contributed by atoms with Gasteiger partial charge in [0.05, 0.1) is 13.2 Å². The van der Waals surface area contributed by atoms with E-state index in [2.05, 4.69) is 0 Å². The van der Waals surface area contributed by atoms with Gasteiger partial charge in [-0.15, -0.1) is 0 Å². The third kappa shape index (κ3) is 3.87. The van der Waals surface area contributed by atoms with E-state index in [0.29, 0.717) is 0 Å². The van der Waals surface area contributed by atoms with E-state index in [9.17, 15) is 20.4 Å². The second-order valence-corrected chi connectivity index (χ2v) is 5.73. The molecule has 0 aromatic carbocycles. The van der Waals surface area contributed by atoms with Gasteiger partial charge < -0.3 is 25.2 Å². The first-order valence-corrected chi connectivity index (χ1v) is 7.20. The Morgan fingerprint density at radius 3 is 2.30 bits per heavy atom. The Morgan fingerprint density at radius 1 is 1.13 bits per heavy atom. The number of aliphatic hydroxyl groups is 4. The van der Waals surface area contributed by atoms with Crippen molar-refractivity contribution in [2.75, 3.05) is 13.2 Å². The molecule has 119 valence electrons. The first-order chi connectivity index (χ1) is 10.5. The molecule has 6 heteroatoms. The van der Waals surface area contributed by atoms with Crippen molar-refractivity contribution in [2.24, 2.45) is 0 Å². The van der Waals surface area contributed by atoms with Crippen LogP contribution < -0.4 is 0 Å². The molecular weight excluding hydrogens is 323 g/mol. The predicted molar refractivity (Wildman–Crippen MR) is 86.9 cm³/mol. The quantitative estimate of drug-likeness (QED) is 0.593. The molecule has 5 nitrogen and oxygen atoms in total. The molecule has 2 aliphatic carbocycles. The van der Waals surface area contributed by atoms with Crippen molar-refractivity contribution >= 4 is 51.4 Å². The molecule has 3 aliphatic rings. The van der Waals surface area contributed by atoms with Crippen LogP contribution in [0.3, 0.4) is 0 Å². The third-order valence-electron chi connectivity index (χ3n) is 4.22. The molecule has 1 aliphatic heterocycles. The predicted octanol–water partition coefficient (Wildman–Crippen LogP) is 0.0730. The molecule has 1 fully saturated rings. The molecule has 23 heavy (non-hydrogen) atoms. The van der Waals surface area contributed by atoms with Crippen molar-refractivity contribution in [3.63, 3.8) is 0 Å². The van der Waals surface area contributed by atoms with Gasteiger partial charge in [0.15, 0.2) is 0 Å². The Bertz CT molecular complexity index is 587. The van der Waals surface area contributed by atoms with Gasteiger partial charge in [0, 0.05) is 6.42 Å². The van der Waals surface area contributed by atoms with Crippen LogP contribution in [-0.2, 0) is 11.2 Å². The van der Waals surface area contributed by atoms with Crippen LogP contribution in [0.5, 0.6) is 0 Å². The molecule has 4 N–H and O–H groups in total. The van der Waals surface area contributed by atoms with Crippen molar-refractivity contribution in [1.82, 2.24) is 0 Å². The van der Waals surface area contributed by atoms with Crippen LogP contribution in [0.4, 0.5) is 0 Å². The van der Waals surface area contributed by atoms with E-state index in [1.54, 1.807) is 0 Å². The van der Waals surface area contributed by atoms with E-state index in [0.717, 1.165) is 16.7 Å². The van der Waals surface area contributed by atoms with Gasteiger partial charge in [-0.2, -0.15) is 0 Å². The number of aliphatic hydroxyl groups excluding tert-OH is 3. The minimum absolute atomic E-state index is 0. The fraction of sp³-hybridized carbons (Fsp3) is 0.353. The molecule has 0 bridgehead atoms. The second-order valence-electron chi connectivity index (χ2n) is 5.73. The SMILES string of the molecule is OC[C@H]1OC[C](O)[C@@H](O)[C@@]1(O)Cc1cc2cccccc-2c1.[KH]. The van der Waals surface area contributed by atoms with Gasteiger partial charge in [-0.05, 0) is 16.7 Å². The maximum absolute atomic E-state index is 10.8. The fourth-order valence-corrected chi connectivity index (χ4v) is 3.00. The van der Waals surface area contributed by atoms with Crippen LogP contribution in [0.15, 0.2) is 42.5 Å². The number of rotatable bonds is 3. The molecule has 0 amide bonds. The zero-order valence-corrected chi connectivity index (χ0v) is 12.0. The second kappa shape index (κ2) is 8.01. The first kappa shape index (κ1) is 19.5. The zero-order valence-electron chi connectivity index (χ0n) is 12.0. The minimum atomic E-state index is -1.76. The molecule has 3 atom stereocenters. The van der Waals surface area contributed by atoms with E-state index < -0.39 is 24.4 Å². The average molecular weight is 343 g/mol. The summed E-state index contributed by atoms with van der Waals surface area (Å²) in [5.74, 6) is 0. The molecule has 1 saturated heterocycles. The summed E-state index contributed by atoms with van der Waals surface area (Å²) in [6, 6.07) is 13.5. The van der Waals surface area contributed by atoms with Crippen LogP contribution in [0.2, 0.25) is 0 Å². The average Bonchev–Trinajstić information content (AvgIpc) is 2.73. The van der Waals surface area contributed by atoms with Crippen LogP contribution in [0.25, 0.3) is 11.1 Å². The first-order valence-electron chi connectivity index (χ1n) is 7.20. The normalized spacial score (nSPS) is 28.5. The van der Waals surface area contributed by atoms with E-state index in [1.165, 1.54) is 0 Å². The van der Waals surface area contributed by atoms with Crippen LogP contribution >= 0.6 is 0 Å². The van der Waals surface area contributed by atoms with Gasteiger partial charge in [0.2, 0.25) is 0 Å². The van der Waals surface area contributed by atoms with E-state index in [-0.39, 0.29) is 70.5 Å². The summed E-state index contributed by atoms with van der Waals surface area (Å²) >= 11 is 0. The van der Waals surface area contributed by atoms with E-state index in [1.807, 2.05) is 42.5 Å². The Balaban J connectivity index is 0.00000192. The molecular formula is C17H20KO5. The van der Waals surface area contributed by atoms with Gasteiger partial charge in [-0.25, -0.2) is 0 Å².